The molecule has 21 heavy (non-hydrogen) atoms. The maximum atomic E-state index is 4.55. The molecule has 3 rings (SSSR count). The van der Waals surface area contributed by atoms with Crippen LogP contribution in [0.5, 0.6) is 0 Å². The number of piperazine rings is 1. The van der Waals surface area contributed by atoms with E-state index in [9.17, 15) is 0 Å². The van der Waals surface area contributed by atoms with E-state index >= 15 is 0 Å². The van der Waals surface area contributed by atoms with Crippen molar-refractivity contribution in [2.75, 3.05) is 48.3 Å². The number of aromatic nitrogens is 2. The fourth-order valence-corrected chi connectivity index (χ4v) is 2.88. The predicted molar refractivity (Wildman–Crippen MR) is 90.1 cm³/mol. The first-order valence-electron chi connectivity index (χ1n) is 7.03. The highest BCUT2D eigenvalue weighted by Crippen LogP contribution is 2.22. The summed E-state index contributed by atoms with van der Waals surface area (Å²) in [5, 5.41) is 3.07. The van der Waals surface area contributed by atoms with Gasteiger partial charge in [-0.15, -0.1) is 0 Å². The lowest BCUT2D eigenvalue weighted by atomic mass is 10.2. The monoisotopic (exact) mass is 347 g/mol. The second kappa shape index (κ2) is 6.30. The van der Waals surface area contributed by atoms with Crippen LogP contribution in [-0.4, -0.2) is 43.2 Å². The van der Waals surface area contributed by atoms with Crippen LogP contribution >= 0.6 is 15.9 Å². The van der Waals surface area contributed by atoms with E-state index in [1.165, 1.54) is 5.69 Å². The Morgan fingerprint density at radius 2 is 1.71 bits per heavy atom. The highest BCUT2D eigenvalue weighted by atomic mass is 79.9. The van der Waals surface area contributed by atoms with Crippen molar-refractivity contribution in [1.29, 1.82) is 0 Å². The van der Waals surface area contributed by atoms with Gasteiger partial charge in [0.2, 0.25) is 5.95 Å². The normalized spacial score (nSPS) is 15.1. The number of benzene rings is 1. The van der Waals surface area contributed by atoms with Crippen LogP contribution in [0.15, 0.2) is 41.0 Å². The molecule has 1 fully saturated rings. The van der Waals surface area contributed by atoms with Crippen molar-refractivity contribution in [2.24, 2.45) is 0 Å². The van der Waals surface area contributed by atoms with E-state index < -0.39 is 0 Å². The van der Waals surface area contributed by atoms with Gasteiger partial charge in [0.1, 0.15) is 5.82 Å². The average Bonchev–Trinajstić information content (AvgIpc) is 2.56. The molecule has 110 valence electrons. The van der Waals surface area contributed by atoms with E-state index in [0.717, 1.165) is 42.4 Å². The molecule has 1 N–H and O–H groups in total. The smallest absolute Gasteiger partial charge is 0.227 e. The third kappa shape index (κ3) is 3.10. The van der Waals surface area contributed by atoms with Crippen molar-refractivity contribution in [1.82, 2.24) is 9.97 Å². The van der Waals surface area contributed by atoms with Gasteiger partial charge in [-0.3, -0.25) is 0 Å². The standard InChI is InChI=1S/C15H18BrN5/c1-17-14-13(16)11-18-15(19-14)21-9-7-20(8-10-21)12-5-3-2-4-6-12/h2-6,11H,7-10H2,1H3,(H,17,18,19). The summed E-state index contributed by atoms with van der Waals surface area (Å²) in [6.07, 6.45) is 1.80. The molecule has 6 heteroatoms. The van der Waals surface area contributed by atoms with Crippen LogP contribution in [0.2, 0.25) is 0 Å². The Kier molecular flexibility index (Phi) is 4.24. The van der Waals surface area contributed by atoms with Gasteiger partial charge in [0.15, 0.2) is 0 Å². The Balaban J connectivity index is 1.68. The minimum Gasteiger partial charge on any atom is -0.372 e. The molecule has 0 atom stereocenters. The van der Waals surface area contributed by atoms with Crippen LogP contribution in [-0.2, 0) is 0 Å². The lowest BCUT2D eigenvalue weighted by Gasteiger charge is -2.36. The van der Waals surface area contributed by atoms with E-state index in [4.69, 9.17) is 0 Å². The van der Waals surface area contributed by atoms with Gasteiger partial charge in [-0.2, -0.15) is 4.98 Å². The largest absolute Gasteiger partial charge is 0.372 e. The van der Waals surface area contributed by atoms with Crippen molar-refractivity contribution < 1.29 is 0 Å². The molecule has 0 amide bonds. The summed E-state index contributed by atoms with van der Waals surface area (Å²) in [6, 6.07) is 10.5. The lowest BCUT2D eigenvalue weighted by Crippen LogP contribution is -2.47. The molecule has 0 radical (unpaired) electrons. The van der Waals surface area contributed by atoms with Gasteiger partial charge < -0.3 is 15.1 Å². The number of hydrogen-bond acceptors (Lipinski definition) is 5. The molecule has 0 bridgehead atoms. The third-order valence-electron chi connectivity index (χ3n) is 3.65. The summed E-state index contributed by atoms with van der Waals surface area (Å²) < 4.78 is 0.886. The topological polar surface area (TPSA) is 44.3 Å². The highest BCUT2D eigenvalue weighted by molar-refractivity contribution is 9.10. The zero-order valence-corrected chi connectivity index (χ0v) is 13.5. The molecule has 1 aliphatic rings. The lowest BCUT2D eigenvalue weighted by molar-refractivity contribution is 0.640. The quantitative estimate of drug-likeness (QED) is 0.924. The Bertz CT molecular complexity index is 596. The molecule has 0 saturated carbocycles. The molecule has 1 aliphatic heterocycles. The Labute approximate surface area is 133 Å². The molecule has 0 aliphatic carbocycles. The maximum Gasteiger partial charge on any atom is 0.227 e. The predicted octanol–water partition coefficient (Wildman–Crippen LogP) is 2.61. The summed E-state index contributed by atoms with van der Waals surface area (Å²) >= 11 is 3.44. The van der Waals surface area contributed by atoms with E-state index in [1.54, 1.807) is 6.20 Å². The number of nitrogens with zero attached hydrogens (tertiary/aromatic N) is 4. The summed E-state index contributed by atoms with van der Waals surface area (Å²) in [4.78, 5) is 13.6. The molecular weight excluding hydrogens is 330 g/mol. The first-order chi connectivity index (χ1) is 10.3. The summed E-state index contributed by atoms with van der Waals surface area (Å²) in [7, 11) is 1.87. The maximum absolute atomic E-state index is 4.55. The van der Waals surface area contributed by atoms with Crippen LogP contribution in [0.25, 0.3) is 0 Å². The minimum atomic E-state index is 0.787. The van der Waals surface area contributed by atoms with Crippen LogP contribution in [0.1, 0.15) is 0 Å². The molecular formula is C15H18BrN5. The van der Waals surface area contributed by atoms with E-state index in [-0.39, 0.29) is 0 Å². The Morgan fingerprint density at radius 3 is 2.38 bits per heavy atom. The van der Waals surface area contributed by atoms with Crippen molar-refractivity contribution >= 4 is 33.4 Å². The minimum absolute atomic E-state index is 0.787. The number of anilines is 3. The molecule has 2 aromatic rings. The van der Waals surface area contributed by atoms with Gasteiger partial charge >= 0.3 is 0 Å². The van der Waals surface area contributed by atoms with Gasteiger partial charge in [0.25, 0.3) is 0 Å². The van der Waals surface area contributed by atoms with Crippen molar-refractivity contribution in [3.63, 3.8) is 0 Å². The number of hydrogen-bond donors (Lipinski definition) is 1. The highest BCUT2D eigenvalue weighted by Gasteiger charge is 2.19. The first kappa shape index (κ1) is 14.1. The van der Waals surface area contributed by atoms with Crippen molar-refractivity contribution in [2.45, 2.75) is 0 Å². The molecule has 1 aromatic heterocycles. The zero-order chi connectivity index (χ0) is 14.7. The van der Waals surface area contributed by atoms with E-state index in [0.29, 0.717) is 0 Å². The zero-order valence-electron chi connectivity index (χ0n) is 12.0. The summed E-state index contributed by atoms with van der Waals surface area (Å²) in [5.41, 5.74) is 1.28. The fourth-order valence-electron chi connectivity index (χ4n) is 2.49. The van der Waals surface area contributed by atoms with Gasteiger partial charge in [-0.1, -0.05) is 18.2 Å². The summed E-state index contributed by atoms with van der Waals surface area (Å²) in [6.45, 7) is 3.83. The molecule has 5 nitrogen and oxygen atoms in total. The van der Waals surface area contributed by atoms with Crippen LogP contribution < -0.4 is 15.1 Å². The van der Waals surface area contributed by atoms with Gasteiger partial charge in [0.05, 0.1) is 4.47 Å². The average molecular weight is 348 g/mol. The number of halogens is 1. The van der Waals surface area contributed by atoms with Crippen LogP contribution in [0.3, 0.4) is 0 Å². The Morgan fingerprint density at radius 1 is 1.05 bits per heavy atom. The van der Waals surface area contributed by atoms with Crippen molar-refractivity contribution in [3.05, 3.63) is 41.0 Å². The van der Waals surface area contributed by atoms with Crippen LogP contribution in [0.4, 0.5) is 17.5 Å². The van der Waals surface area contributed by atoms with Gasteiger partial charge in [0, 0.05) is 45.1 Å². The van der Waals surface area contributed by atoms with Gasteiger partial charge in [-0.05, 0) is 28.1 Å². The SMILES string of the molecule is CNc1nc(N2CCN(c3ccccc3)CC2)ncc1Br. The molecule has 0 spiro atoms. The van der Waals surface area contributed by atoms with Gasteiger partial charge in [-0.25, -0.2) is 4.98 Å². The summed E-state index contributed by atoms with van der Waals surface area (Å²) in [5.74, 6) is 1.61. The van der Waals surface area contributed by atoms with Crippen molar-refractivity contribution in [3.8, 4) is 0 Å². The molecule has 1 aromatic carbocycles. The van der Waals surface area contributed by atoms with E-state index in [2.05, 4.69) is 71.3 Å². The molecule has 2 heterocycles. The molecule has 0 unspecified atom stereocenters. The first-order valence-corrected chi connectivity index (χ1v) is 7.82. The second-order valence-electron chi connectivity index (χ2n) is 4.93. The second-order valence-corrected chi connectivity index (χ2v) is 5.78. The van der Waals surface area contributed by atoms with E-state index in [1.807, 2.05) is 7.05 Å². The third-order valence-corrected chi connectivity index (χ3v) is 4.23. The Hall–Kier alpha value is -1.82. The fraction of sp³-hybridized carbons (Fsp3) is 0.333. The number of rotatable bonds is 3. The number of para-hydroxylation sites is 1. The number of nitrogens with one attached hydrogen (secondary N) is 1. The molecule has 1 saturated heterocycles. The van der Waals surface area contributed by atoms with Crippen LogP contribution in [0, 0.1) is 0 Å².